The molecular weight excluding hydrogens is 238 g/mol. The molecule has 3 N–H and O–H groups in total. The van der Waals surface area contributed by atoms with E-state index >= 15 is 0 Å². The Morgan fingerprint density at radius 1 is 1.47 bits per heavy atom. The number of hydrogen-bond acceptors (Lipinski definition) is 3. The summed E-state index contributed by atoms with van der Waals surface area (Å²) in [5.74, 6) is 0.422. The van der Waals surface area contributed by atoms with Gasteiger partial charge in [0, 0.05) is 18.8 Å². The van der Waals surface area contributed by atoms with E-state index in [-0.39, 0.29) is 11.9 Å². The van der Waals surface area contributed by atoms with Crippen LogP contribution >= 0.6 is 0 Å². The maximum atomic E-state index is 12.2. The molecule has 1 unspecified atom stereocenters. The molecule has 0 radical (unpaired) electrons. The molecule has 0 saturated heterocycles. The van der Waals surface area contributed by atoms with Crippen LogP contribution in [0.3, 0.4) is 0 Å². The molecule has 1 fully saturated rings. The van der Waals surface area contributed by atoms with Crippen molar-refractivity contribution >= 4 is 5.91 Å². The predicted octanol–water partition coefficient (Wildman–Crippen LogP) is 2.03. The van der Waals surface area contributed by atoms with Crippen LogP contribution in [0.5, 0.6) is 0 Å². The number of amides is 1. The zero-order valence-corrected chi connectivity index (χ0v) is 11.6. The van der Waals surface area contributed by atoms with Gasteiger partial charge >= 0.3 is 0 Å². The van der Waals surface area contributed by atoms with Gasteiger partial charge < -0.3 is 11.1 Å². The standard InChI is InChI=1S/C15H23N3O/c1-11-6-5-9-17-14(11)15(19)18-13(10-16)12-7-3-2-4-8-12/h5-6,9,12-13H,2-4,7-8,10,16H2,1H3,(H,18,19). The first-order valence-electron chi connectivity index (χ1n) is 7.15. The van der Waals surface area contributed by atoms with Gasteiger partial charge in [0.2, 0.25) is 0 Å². The summed E-state index contributed by atoms with van der Waals surface area (Å²) in [5.41, 5.74) is 7.25. The molecule has 4 nitrogen and oxygen atoms in total. The molecule has 1 amide bonds. The van der Waals surface area contributed by atoms with Crippen LogP contribution in [-0.4, -0.2) is 23.5 Å². The molecule has 1 aromatic heterocycles. The highest BCUT2D eigenvalue weighted by Crippen LogP contribution is 2.26. The third-order valence-corrected chi connectivity index (χ3v) is 4.01. The fraction of sp³-hybridized carbons (Fsp3) is 0.600. The summed E-state index contributed by atoms with van der Waals surface area (Å²) in [6, 6.07) is 3.82. The first-order valence-corrected chi connectivity index (χ1v) is 7.15. The molecule has 0 aromatic carbocycles. The van der Waals surface area contributed by atoms with Crippen molar-refractivity contribution < 1.29 is 4.79 Å². The highest BCUT2D eigenvalue weighted by molar-refractivity contribution is 5.93. The van der Waals surface area contributed by atoms with E-state index in [1.165, 1.54) is 32.1 Å². The van der Waals surface area contributed by atoms with Gasteiger partial charge in [-0.25, -0.2) is 0 Å². The van der Waals surface area contributed by atoms with Crippen molar-refractivity contribution in [1.29, 1.82) is 0 Å². The molecule has 0 bridgehead atoms. The second kappa shape index (κ2) is 6.66. The Balaban J connectivity index is 2.01. The van der Waals surface area contributed by atoms with E-state index in [2.05, 4.69) is 10.3 Å². The molecule has 104 valence electrons. The fourth-order valence-corrected chi connectivity index (χ4v) is 2.87. The second-order valence-corrected chi connectivity index (χ2v) is 5.38. The van der Waals surface area contributed by atoms with Crippen LogP contribution in [0, 0.1) is 12.8 Å². The molecule has 1 heterocycles. The van der Waals surface area contributed by atoms with Crippen LogP contribution in [0.4, 0.5) is 0 Å². The van der Waals surface area contributed by atoms with Gasteiger partial charge in [0.1, 0.15) is 5.69 Å². The Morgan fingerprint density at radius 3 is 2.84 bits per heavy atom. The number of carbonyl (C=O) groups is 1. The van der Waals surface area contributed by atoms with Crippen LogP contribution in [0.25, 0.3) is 0 Å². The molecule has 19 heavy (non-hydrogen) atoms. The van der Waals surface area contributed by atoms with Gasteiger partial charge in [0.15, 0.2) is 0 Å². The van der Waals surface area contributed by atoms with Crippen LogP contribution in [0.2, 0.25) is 0 Å². The zero-order valence-electron chi connectivity index (χ0n) is 11.6. The van der Waals surface area contributed by atoms with Gasteiger partial charge in [0.05, 0.1) is 0 Å². The molecule has 1 aliphatic rings. The smallest absolute Gasteiger partial charge is 0.270 e. The summed E-state index contributed by atoms with van der Waals surface area (Å²) in [4.78, 5) is 16.4. The van der Waals surface area contributed by atoms with Gasteiger partial charge in [-0.1, -0.05) is 25.3 Å². The molecule has 1 aromatic rings. The lowest BCUT2D eigenvalue weighted by Crippen LogP contribution is -2.46. The lowest BCUT2D eigenvalue weighted by atomic mass is 9.84. The van der Waals surface area contributed by atoms with Crippen LogP contribution in [-0.2, 0) is 0 Å². The van der Waals surface area contributed by atoms with Crippen molar-refractivity contribution in [2.45, 2.75) is 45.1 Å². The number of nitrogens with one attached hydrogen (secondary N) is 1. The quantitative estimate of drug-likeness (QED) is 0.871. The van der Waals surface area contributed by atoms with Crippen molar-refractivity contribution in [1.82, 2.24) is 10.3 Å². The van der Waals surface area contributed by atoms with Gasteiger partial charge in [-0.2, -0.15) is 0 Å². The zero-order chi connectivity index (χ0) is 13.7. The lowest BCUT2D eigenvalue weighted by molar-refractivity contribution is 0.0910. The van der Waals surface area contributed by atoms with Crippen molar-refractivity contribution in [3.63, 3.8) is 0 Å². The van der Waals surface area contributed by atoms with E-state index < -0.39 is 0 Å². The number of rotatable bonds is 4. The second-order valence-electron chi connectivity index (χ2n) is 5.38. The Kier molecular flexibility index (Phi) is 4.91. The number of pyridine rings is 1. The SMILES string of the molecule is Cc1cccnc1C(=O)NC(CN)C1CCCCC1. The van der Waals surface area contributed by atoms with E-state index in [1.54, 1.807) is 6.20 Å². The lowest BCUT2D eigenvalue weighted by Gasteiger charge is -2.30. The number of nitrogens with zero attached hydrogens (tertiary/aromatic N) is 1. The Bertz CT molecular complexity index is 427. The van der Waals surface area contributed by atoms with E-state index in [1.807, 2.05) is 19.1 Å². The maximum absolute atomic E-state index is 12.2. The van der Waals surface area contributed by atoms with E-state index in [9.17, 15) is 4.79 Å². The molecule has 0 aliphatic heterocycles. The fourth-order valence-electron chi connectivity index (χ4n) is 2.87. The molecule has 2 rings (SSSR count). The maximum Gasteiger partial charge on any atom is 0.270 e. The monoisotopic (exact) mass is 261 g/mol. The summed E-state index contributed by atoms with van der Waals surface area (Å²) >= 11 is 0. The number of hydrogen-bond donors (Lipinski definition) is 2. The van der Waals surface area contributed by atoms with Crippen LogP contribution in [0.1, 0.15) is 48.2 Å². The number of aryl methyl sites for hydroxylation is 1. The van der Waals surface area contributed by atoms with Crippen molar-refractivity contribution in [2.24, 2.45) is 11.7 Å². The minimum Gasteiger partial charge on any atom is -0.346 e. The summed E-state index contributed by atoms with van der Waals surface area (Å²) in [5, 5.41) is 3.07. The van der Waals surface area contributed by atoms with Crippen LogP contribution in [0.15, 0.2) is 18.3 Å². The highest BCUT2D eigenvalue weighted by atomic mass is 16.1. The number of nitrogens with two attached hydrogens (primary N) is 1. The molecular formula is C15H23N3O. The van der Waals surface area contributed by atoms with E-state index in [0.717, 1.165) is 5.56 Å². The largest absolute Gasteiger partial charge is 0.346 e. The number of aromatic nitrogens is 1. The molecule has 0 spiro atoms. The summed E-state index contributed by atoms with van der Waals surface area (Å²) in [7, 11) is 0. The average Bonchev–Trinajstić information content (AvgIpc) is 2.46. The Morgan fingerprint density at radius 2 is 2.21 bits per heavy atom. The van der Waals surface area contributed by atoms with Gasteiger partial charge in [0.25, 0.3) is 5.91 Å². The summed E-state index contributed by atoms with van der Waals surface area (Å²) in [6.45, 7) is 2.41. The number of carbonyl (C=O) groups excluding carboxylic acids is 1. The van der Waals surface area contributed by atoms with E-state index in [4.69, 9.17) is 5.73 Å². The average molecular weight is 261 g/mol. The van der Waals surface area contributed by atoms with Crippen LogP contribution < -0.4 is 11.1 Å². The van der Waals surface area contributed by atoms with Crippen molar-refractivity contribution in [3.8, 4) is 0 Å². The van der Waals surface area contributed by atoms with Crippen molar-refractivity contribution in [3.05, 3.63) is 29.6 Å². The van der Waals surface area contributed by atoms with Crippen molar-refractivity contribution in [2.75, 3.05) is 6.54 Å². The normalized spacial score (nSPS) is 18.0. The predicted molar refractivity (Wildman–Crippen MR) is 75.9 cm³/mol. The first kappa shape index (κ1) is 14.0. The molecule has 1 atom stereocenters. The summed E-state index contributed by atoms with van der Waals surface area (Å²) < 4.78 is 0. The minimum absolute atomic E-state index is 0.0780. The third-order valence-electron chi connectivity index (χ3n) is 4.01. The Hall–Kier alpha value is -1.42. The third kappa shape index (κ3) is 3.53. The van der Waals surface area contributed by atoms with Gasteiger partial charge in [-0.3, -0.25) is 9.78 Å². The van der Waals surface area contributed by atoms with E-state index in [0.29, 0.717) is 18.2 Å². The Labute approximate surface area is 114 Å². The van der Waals surface area contributed by atoms with Gasteiger partial charge in [-0.05, 0) is 37.3 Å². The highest BCUT2D eigenvalue weighted by Gasteiger charge is 2.25. The van der Waals surface area contributed by atoms with Gasteiger partial charge in [-0.15, -0.1) is 0 Å². The summed E-state index contributed by atoms with van der Waals surface area (Å²) in [6.07, 6.45) is 7.80. The molecule has 1 saturated carbocycles. The molecule has 4 heteroatoms. The minimum atomic E-state index is -0.0980. The first-order chi connectivity index (χ1) is 9.22. The molecule has 1 aliphatic carbocycles. The topological polar surface area (TPSA) is 68.0 Å².